The average molecular weight is 241 g/mol. The van der Waals surface area contributed by atoms with Crippen molar-refractivity contribution in [2.75, 3.05) is 6.61 Å². The SMILES string of the molecule is CC(N)Cc1cc(F)c(OCC2CC2)cc1F. The maximum Gasteiger partial charge on any atom is 0.165 e. The highest BCUT2D eigenvalue weighted by Gasteiger charge is 2.23. The highest BCUT2D eigenvalue weighted by atomic mass is 19.1. The zero-order valence-electron chi connectivity index (χ0n) is 9.88. The number of hydrogen-bond acceptors (Lipinski definition) is 2. The number of hydrogen-bond donors (Lipinski definition) is 1. The van der Waals surface area contributed by atoms with E-state index in [9.17, 15) is 8.78 Å². The van der Waals surface area contributed by atoms with Gasteiger partial charge in [0.25, 0.3) is 0 Å². The van der Waals surface area contributed by atoms with Gasteiger partial charge in [-0.1, -0.05) is 0 Å². The van der Waals surface area contributed by atoms with Crippen LogP contribution in [0.15, 0.2) is 12.1 Å². The lowest BCUT2D eigenvalue weighted by Gasteiger charge is -2.11. The third kappa shape index (κ3) is 3.40. The molecule has 1 aromatic carbocycles. The van der Waals surface area contributed by atoms with E-state index in [0.717, 1.165) is 18.9 Å². The smallest absolute Gasteiger partial charge is 0.165 e. The Hall–Kier alpha value is -1.16. The Kier molecular flexibility index (Phi) is 3.62. The zero-order valence-corrected chi connectivity index (χ0v) is 9.88. The van der Waals surface area contributed by atoms with Gasteiger partial charge in [-0.2, -0.15) is 0 Å². The van der Waals surface area contributed by atoms with Gasteiger partial charge in [-0.15, -0.1) is 0 Å². The second-order valence-corrected chi connectivity index (χ2v) is 4.81. The molecule has 1 fully saturated rings. The van der Waals surface area contributed by atoms with Crippen LogP contribution in [0.4, 0.5) is 8.78 Å². The van der Waals surface area contributed by atoms with Gasteiger partial charge in [0.05, 0.1) is 6.61 Å². The van der Waals surface area contributed by atoms with Crippen LogP contribution in [0.2, 0.25) is 0 Å². The third-order valence-corrected chi connectivity index (χ3v) is 2.81. The predicted octanol–water partition coefficient (Wildman–Crippen LogP) is 2.64. The molecular weight excluding hydrogens is 224 g/mol. The summed E-state index contributed by atoms with van der Waals surface area (Å²) in [5.41, 5.74) is 5.87. The summed E-state index contributed by atoms with van der Waals surface area (Å²) in [6, 6.07) is 2.11. The summed E-state index contributed by atoms with van der Waals surface area (Å²) in [6.07, 6.45) is 2.56. The first-order valence-corrected chi connectivity index (χ1v) is 5.92. The van der Waals surface area contributed by atoms with Gasteiger partial charge >= 0.3 is 0 Å². The molecule has 0 spiro atoms. The Labute approximate surface area is 99.8 Å². The zero-order chi connectivity index (χ0) is 12.4. The molecule has 1 atom stereocenters. The molecule has 1 unspecified atom stereocenters. The minimum atomic E-state index is -0.511. The molecule has 1 aromatic rings. The molecule has 0 heterocycles. The van der Waals surface area contributed by atoms with Crippen LogP contribution in [0, 0.1) is 17.6 Å². The fourth-order valence-corrected chi connectivity index (χ4v) is 1.68. The van der Waals surface area contributed by atoms with E-state index in [-0.39, 0.29) is 11.8 Å². The highest BCUT2D eigenvalue weighted by Crippen LogP contribution is 2.30. The molecular formula is C13H17F2NO. The van der Waals surface area contributed by atoms with Crippen LogP contribution in [0.1, 0.15) is 25.3 Å². The van der Waals surface area contributed by atoms with E-state index < -0.39 is 11.6 Å². The van der Waals surface area contributed by atoms with Gasteiger partial charge in [0.2, 0.25) is 0 Å². The number of benzene rings is 1. The lowest BCUT2D eigenvalue weighted by atomic mass is 10.1. The quantitative estimate of drug-likeness (QED) is 0.860. The molecule has 2 nitrogen and oxygen atoms in total. The van der Waals surface area contributed by atoms with E-state index in [0.29, 0.717) is 24.5 Å². The van der Waals surface area contributed by atoms with Gasteiger partial charge in [-0.3, -0.25) is 0 Å². The Bertz CT molecular complexity index is 403. The molecule has 0 saturated heterocycles. The summed E-state index contributed by atoms with van der Waals surface area (Å²) in [5.74, 6) is -0.443. The van der Waals surface area contributed by atoms with Crippen molar-refractivity contribution in [3.8, 4) is 5.75 Å². The third-order valence-electron chi connectivity index (χ3n) is 2.81. The highest BCUT2D eigenvalue weighted by molar-refractivity contribution is 5.31. The number of nitrogens with two attached hydrogens (primary N) is 1. The van der Waals surface area contributed by atoms with Gasteiger partial charge in [-0.05, 0) is 43.7 Å². The standard InChI is InChI=1S/C13H17F2NO/c1-8(16)4-10-5-12(15)13(6-11(10)14)17-7-9-2-3-9/h5-6,8-9H,2-4,7,16H2,1H3. The van der Waals surface area contributed by atoms with Crippen molar-refractivity contribution in [3.05, 3.63) is 29.3 Å². The lowest BCUT2D eigenvalue weighted by molar-refractivity contribution is 0.283. The van der Waals surface area contributed by atoms with Crippen molar-refractivity contribution >= 4 is 0 Å². The van der Waals surface area contributed by atoms with Crippen LogP contribution in [0.5, 0.6) is 5.75 Å². The first-order valence-electron chi connectivity index (χ1n) is 5.92. The van der Waals surface area contributed by atoms with E-state index in [1.54, 1.807) is 6.92 Å². The summed E-state index contributed by atoms with van der Waals surface area (Å²) in [5, 5.41) is 0. The molecule has 17 heavy (non-hydrogen) atoms. The van der Waals surface area contributed by atoms with Crippen molar-refractivity contribution in [2.45, 2.75) is 32.2 Å². The topological polar surface area (TPSA) is 35.2 Å². The molecule has 94 valence electrons. The normalized spacial score (nSPS) is 16.9. The van der Waals surface area contributed by atoms with Gasteiger partial charge in [0, 0.05) is 12.1 Å². The number of halogens is 2. The minimum Gasteiger partial charge on any atom is -0.490 e. The Morgan fingerprint density at radius 3 is 2.65 bits per heavy atom. The molecule has 0 aromatic heterocycles. The summed E-state index contributed by atoms with van der Waals surface area (Å²) in [6.45, 7) is 2.23. The summed E-state index contributed by atoms with van der Waals surface area (Å²) in [4.78, 5) is 0. The molecule has 2 rings (SSSR count). The number of rotatable bonds is 5. The van der Waals surface area contributed by atoms with Crippen molar-refractivity contribution in [3.63, 3.8) is 0 Å². The van der Waals surface area contributed by atoms with E-state index in [1.165, 1.54) is 6.07 Å². The summed E-state index contributed by atoms with van der Waals surface area (Å²) in [7, 11) is 0. The Morgan fingerprint density at radius 1 is 1.35 bits per heavy atom. The maximum atomic E-state index is 13.6. The molecule has 0 bridgehead atoms. The second kappa shape index (κ2) is 5.00. The summed E-state index contributed by atoms with van der Waals surface area (Å²) < 4.78 is 32.5. The molecule has 0 amide bonds. The fourth-order valence-electron chi connectivity index (χ4n) is 1.68. The largest absolute Gasteiger partial charge is 0.490 e. The minimum absolute atomic E-state index is 0.00262. The van der Waals surface area contributed by atoms with Crippen LogP contribution in [-0.2, 0) is 6.42 Å². The maximum absolute atomic E-state index is 13.6. The monoisotopic (exact) mass is 241 g/mol. The van der Waals surface area contributed by atoms with Crippen LogP contribution in [-0.4, -0.2) is 12.6 Å². The summed E-state index contributed by atoms with van der Waals surface area (Å²) >= 11 is 0. The molecule has 2 N–H and O–H groups in total. The second-order valence-electron chi connectivity index (χ2n) is 4.81. The van der Waals surface area contributed by atoms with Crippen molar-refractivity contribution in [1.82, 2.24) is 0 Å². The average Bonchev–Trinajstić information content (AvgIpc) is 3.04. The molecule has 0 radical (unpaired) electrons. The van der Waals surface area contributed by atoms with Crippen LogP contribution < -0.4 is 10.5 Å². The number of ether oxygens (including phenoxy) is 1. The molecule has 1 saturated carbocycles. The molecule has 4 heteroatoms. The Morgan fingerprint density at radius 2 is 2.06 bits per heavy atom. The van der Waals surface area contributed by atoms with Crippen LogP contribution in [0.25, 0.3) is 0 Å². The predicted molar refractivity (Wildman–Crippen MR) is 61.9 cm³/mol. The van der Waals surface area contributed by atoms with Crippen LogP contribution >= 0.6 is 0 Å². The molecule has 0 aliphatic heterocycles. The van der Waals surface area contributed by atoms with E-state index in [2.05, 4.69) is 0 Å². The van der Waals surface area contributed by atoms with Gasteiger partial charge < -0.3 is 10.5 Å². The fraction of sp³-hybridized carbons (Fsp3) is 0.538. The first-order chi connectivity index (χ1) is 8.06. The van der Waals surface area contributed by atoms with E-state index in [1.807, 2.05) is 0 Å². The van der Waals surface area contributed by atoms with Crippen molar-refractivity contribution < 1.29 is 13.5 Å². The molecule has 1 aliphatic carbocycles. The Balaban J connectivity index is 2.09. The first kappa shape index (κ1) is 12.3. The van der Waals surface area contributed by atoms with Crippen molar-refractivity contribution in [1.29, 1.82) is 0 Å². The van der Waals surface area contributed by atoms with Gasteiger partial charge in [0.15, 0.2) is 11.6 Å². The van der Waals surface area contributed by atoms with Gasteiger partial charge in [0.1, 0.15) is 5.82 Å². The van der Waals surface area contributed by atoms with Crippen molar-refractivity contribution in [2.24, 2.45) is 11.7 Å². The van der Waals surface area contributed by atoms with E-state index >= 15 is 0 Å². The lowest BCUT2D eigenvalue weighted by Crippen LogP contribution is -2.18. The van der Waals surface area contributed by atoms with E-state index in [4.69, 9.17) is 10.5 Å². The van der Waals surface area contributed by atoms with Gasteiger partial charge in [-0.25, -0.2) is 8.78 Å². The van der Waals surface area contributed by atoms with Crippen LogP contribution in [0.3, 0.4) is 0 Å². The molecule has 1 aliphatic rings.